The Morgan fingerprint density at radius 2 is 1.82 bits per heavy atom. The van der Waals surface area contributed by atoms with Crippen molar-refractivity contribution in [3.63, 3.8) is 0 Å². The molecule has 10 heteroatoms. The number of nitrogens with zero attached hydrogens (tertiary/aromatic N) is 1. The Morgan fingerprint density at radius 1 is 1.05 bits per heavy atom. The van der Waals surface area contributed by atoms with Crippen LogP contribution in [-0.2, 0) is 11.2 Å². The Balaban J connectivity index is 1.55. The van der Waals surface area contributed by atoms with Crippen LogP contribution in [0.4, 0.5) is 0 Å². The van der Waals surface area contributed by atoms with Gasteiger partial charge < -0.3 is 20.4 Å². The molecule has 5 rings (SSSR count). The molecule has 1 aromatic heterocycles. The van der Waals surface area contributed by atoms with Gasteiger partial charge in [-0.15, -0.1) is 11.3 Å². The zero-order valence-electron chi connectivity index (χ0n) is 21.0. The van der Waals surface area contributed by atoms with Gasteiger partial charge in [-0.3, -0.25) is 9.59 Å². The Morgan fingerprint density at radius 3 is 2.56 bits per heavy atom. The van der Waals surface area contributed by atoms with Crippen LogP contribution in [0.3, 0.4) is 0 Å². The average Bonchev–Trinajstić information content (AvgIpc) is 3.38. The van der Waals surface area contributed by atoms with Crippen LogP contribution in [0.5, 0.6) is 0 Å². The minimum atomic E-state index is -0.995. The summed E-state index contributed by atoms with van der Waals surface area (Å²) in [4.78, 5) is 41.4. The summed E-state index contributed by atoms with van der Waals surface area (Å²) in [5.41, 5.74) is 2.23. The predicted octanol–water partition coefficient (Wildman–Crippen LogP) is 5.70. The van der Waals surface area contributed by atoms with Gasteiger partial charge in [0, 0.05) is 22.2 Å². The third-order valence-electron chi connectivity index (χ3n) is 7.63. The number of aromatic carboxylic acids is 1. The summed E-state index contributed by atoms with van der Waals surface area (Å²) in [6.07, 6.45) is 2.53. The Hall–Kier alpha value is -2.91. The fourth-order valence-electron chi connectivity index (χ4n) is 5.84. The van der Waals surface area contributed by atoms with Gasteiger partial charge in [-0.2, -0.15) is 0 Å². The van der Waals surface area contributed by atoms with Crippen molar-refractivity contribution in [2.75, 3.05) is 6.54 Å². The van der Waals surface area contributed by atoms with Crippen LogP contribution in [-0.4, -0.2) is 51.6 Å². The van der Waals surface area contributed by atoms with E-state index in [0.717, 1.165) is 24.2 Å². The highest BCUT2D eigenvalue weighted by Gasteiger charge is 2.48. The zero-order chi connectivity index (χ0) is 27.7. The van der Waals surface area contributed by atoms with E-state index in [4.69, 9.17) is 23.2 Å². The van der Waals surface area contributed by atoms with Crippen LogP contribution < -0.4 is 5.32 Å². The van der Waals surface area contributed by atoms with Crippen molar-refractivity contribution in [3.8, 4) is 0 Å². The molecule has 7 nitrogen and oxygen atoms in total. The number of rotatable bonds is 7. The highest BCUT2D eigenvalue weighted by molar-refractivity contribution is 7.12. The fourth-order valence-corrected chi connectivity index (χ4v) is 7.15. The molecule has 204 valence electrons. The van der Waals surface area contributed by atoms with Crippen LogP contribution >= 0.6 is 34.5 Å². The van der Waals surface area contributed by atoms with Gasteiger partial charge in [-0.25, -0.2) is 4.79 Å². The number of carbonyl (C=O) groups excluding carboxylic acids is 2. The first kappa shape index (κ1) is 27.6. The third kappa shape index (κ3) is 5.43. The van der Waals surface area contributed by atoms with Crippen molar-refractivity contribution >= 4 is 52.3 Å². The normalized spacial score (nSPS) is 22.8. The number of carboxylic acid groups (broad SMARTS) is 1. The fraction of sp³-hybridized carbons (Fsp3) is 0.345. The van der Waals surface area contributed by atoms with Crippen molar-refractivity contribution in [1.29, 1.82) is 0 Å². The van der Waals surface area contributed by atoms with E-state index in [2.05, 4.69) is 5.32 Å². The lowest BCUT2D eigenvalue weighted by Crippen LogP contribution is -2.55. The second-order valence-electron chi connectivity index (χ2n) is 9.93. The van der Waals surface area contributed by atoms with Crippen LogP contribution in [0.15, 0.2) is 53.9 Å². The maximum atomic E-state index is 14.0. The number of amides is 2. The molecular weight excluding hydrogens is 559 g/mol. The molecular formula is C29H28Cl2N2O5S. The average molecular weight is 588 g/mol. The first-order valence-corrected chi connectivity index (χ1v) is 14.5. The first-order chi connectivity index (χ1) is 18.8. The quantitative estimate of drug-likeness (QED) is 0.329. The molecule has 4 atom stereocenters. The first-order valence-electron chi connectivity index (χ1n) is 12.9. The molecule has 1 saturated carbocycles. The van der Waals surface area contributed by atoms with Gasteiger partial charge in [-0.1, -0.05) is 60.3 Å². The molecule has 0 spiro atoms. The molecule has 0 bridgehead atoms. The van der Waals surface area contributed by atoms with Gasteiger partial charge in [0.25, 0.3) is 5.91 Å². The number of carbonyl (C=O) groups is 3. The minimum absolute atomic E-state index is 0.218. The molecule has 2 amide bonds. The van der Waals surface area contributed by atoms with Gasteiger partial charge >= 0.3 is 5.97 Å². The SMILES string of the molecule is O=C(O)c1sccc1CCNC(=O)[C@@H]1c2ccccc2C(=O)N([C@H]2CCCC[C@@H]2O)[C@H]1c1ccc(Cl)cc1Cl. The Labute approximate surface area is 240 Å². The smallest absolute Gasteiger partial charge is 0.346 e. The summed E-state index contributed by atoms with van der Waals surface area (Å²) < 4.78 is 0. The number of halogens is 2. The Kier molecular flexibility index (Phi) is 8.28. The summed E-state index contributed by atoms with van der Waals surface area (Å²) in [5, 5.41) is 25.9. The van der Waals surface area contributed by atoms with E-state index in [1.807, 2.05) is 0 Å². The molecule has 0 radical (unpaired) electrons. The number of hydrogen-bond acceptors (Lipinski definition) is 5. The molecule has 2 aliphatic rings. The molecule has 39 heavy (non-hydrogen) atoms. The third-order valence-corrected chi connectivity index (χ3v) is 9.13. The number of aliphatic hydroxyl groups excluding tert-OH is 1. The number of fused-ring (bicyclic) bond motifs is 1. The number of nitrogens with one attached hydrogen (secondary N) is 1. The summed E-state index contributed by atoms with van der Waals surface area (Å²) in [6.45, 7) is 0.218. The van der Waals surface area contributed by atoms with Crippen molar-refractivity contribution in [1.82, 2.24) is 10.2 Å². The Bertz CT molecular complexity index is 1410. The lowest BCUT2D eigenvalue weighted by molar-refractivity contribution is -0.125. The van der Waals surface area contributed by atoms with Gasteiger partial charge in [0.1, 0.15) is 4.88 Å². The number of benzene rings is 2. The number of hydrogen-bond donors (Lipinski definition) is 3. The molecule has 2 aromatic carbocycles. The summed E-state index contributed by atoms with van der Waals surface area (Å²) in [6, 6.07) is 12.6. The standard InChI is InChI=1S/C29H28Cl2N2O5S/c30-17-9-10-20(21(31)15-17)25-24(27(35)32-13-11-16-12-14-39-26(16)29(37)38)18-5-1-2-6-19(18)28(36)33(25)22-7-3-4-8-23(22)34/h1-2,5-6,9-10,12,14-15,22-25,34H,3-4,7-8,11,13H2,(H,32,35)(H,37,38)/t22-,23-,24+,25-/m0/s1. The summed E-state index contributed by atoms with van der Waals surface area (Å²) in [5.74, 6) is -2.37. The minimum Gasteiger partial charge on any atom is -0.477 e. The van der Waals surface area contributed by atoms with Crippen molar-refractivity contribution in [2.24, 2.45) is 0 Å². The topological polar surface area (TPSA) is 107 Å². The molecule has 0 saturated heterocycles. The number of thiophene rings is 1. The molecule has 1 fully saturated rings. The zero-order valence-corrected chi connectivity index (χ0v) is 23.3. The second-order valence-corrected chi connectivity index (χ2v) is 11.7. The predicted molar refractivity (Wildman–Crippen MR) is 151 cm³/mol. The summed E-state index contributed by atoms with van der Waals surface area (Å²) in [7, 11) is 0. The van der Waals surface area contributed by atoms with Crippen molar-refractivity contribution < 1.29 is 24.6 Å². The highest BCUT2D eigenvalue weighted by Crippen LogP contribution is 2.47. The van der Waals surface area contributed by atoms with Crippen molar-refractivity contribution in [2.45, 2.75) is 56.2 Å². The van der Waals surface area contributed by atoms with E-state index in [1.165, 1.54) is 0 Å². The van der Waals surface area contributed by atoms with Crippen LogP contribution in [0.25, 0.3) is 0 Å². The molecule has 3 N–H and O–H groups in total. The molecule has 2 heterocycles. The van der Waals surface area contributed by atoms with Gasteiger partial charge in [0.2, 0.25) is 5.91 Å². The van der Waals surface area contributed by atoms with Gasteiger partial charge in [0.05, 0.1) is 24.1 Å². The van der Waals surface area contributed by atoms with Crippen LogP contribution in [0.2, 0.25) is 10.0 Å². The molecule has 3 aromatic rings. The second kappa shape index (κ2) is 11.7. The lowest BCUT2D eigenvalue weighted by Gasteiger charge is -2.48. The van der Waals surface area contributed by atoms with E-state index >= 15 is 0 Å². The van der Waals surface area contributed by atoms with E-state index in [9.17, 15) is 24.6 Å². The maximum Gasteiger partial charge on any atom is 0.346 e. The maximum absolute atomic E-state index is 14.0. The molecule has 0 unspecified atom stereocenters. The largest absolute Gasteiger partial charge is 0.477 e. The van der Waals surface area contributed by atoms with E-state index in [0.29, 0.717) is 51.6 Å². The van der Waals surface area contributed by atoms with Gasteiger partial charge in [0.15, 0.2) is 0 Å². The van der Waals surface area contributed by atoms with Crippen LogP contribution in [0.1, 0.15) is 74.4 Å². The van der Waals surface area contributed by atoms with E-state index < -0.39 is 30.1 Å². The highest BCUT2D eigenvalue weighted by atomic mass is 35.5. The molecule has 1 aliphatic heterocycles. The number of carboxylic acids is 1. The number of aliphatic hydroxyl groups is 1. The monoisotopic (exact) mass is 586 g/mol. The van der Waals surface area contributed by atoms with Crippen LogP contribution in [0, 0.1) is 0 Å². The van der Waals surface area contributed by atoms with Gasteiger partial charge in [-0.05, 0) is 65.6 Å². The lowest BCUT2D eigenvalue weighted by atomic mass is 9.76. The summed E-state index contributed by atoms with van der Waals surface area (Å²) >= 11 is 14.0. The molecule has 1 aliphatic carbocycles. The van der Waals surface area contributed by atoms with Crippen molar-refractivity contribution in [3.05, 3.63) is 91.1 Å². The van der Waals surface area contributed by atoms with E-state index in [1.54, 1.807) is 58.8 Å². The van der Waals surface area contributed by atoms with E-state index in [-0.39, 0.29) is 23.2 Å².